The van der Waals surface area contributed by atoms with Crippen molar-refractivity contribution in [1.82, 2.24) is 14.9 Å². The number of amides is 1. The van der Waals surface area contributed by atoms with Crippen LogP contribution in [0.4, 0.5) is 11.7 Å². The molecule has 3 aromatic carbocycles. The van der Waals surface area contributed by atoms with Gasteiger partial charge >= 0.3 is 0 Å². The first-order valence-electron chi connectivity index (χ1n) is 17.7. The van der Waals surface area contributed by atoms with E-state index in [4.69, 9.17) is 56.3 Å². The number of fused-ring (bicyclic) bond motifs is 2. The third-order valence-corrected chi connectivity index (χ3v) is 10.7. The molecule has 284 valence electrons. The van der Waals surface area contributed by atoms with Gasteiger partial charge in [-0.2, -0.15) is 4.98 Å². The topological polar surface area (TPSA) is 112 Å². The van der Waals surface area contributed by atoms with Crippen LogP contribution in [0.1, 0.15) is 35.2 Å². The van der Waals surface area contributed by atoms with Crippen molar-refractivity contribution in [3.63, 3.8) is 0 Å². The summed E-state index contributed by atoms with van der Waals surface area (Å²) in [4.78, 5) is 29.8. The molecular weight excluding hydrogens is 733 g/mol. The number of hydrogen-bond donors (Lipinski definition) is 0. The van der Waals surface area contributed by atoms with Crippen molar-refractivity contribution in [2.45, 2.75) is 32.5 Å². The molecule has 7 rings (SSSR count). The fourth-order valence-electron chi connectivity index (χ4n) is 7.37. The number of ether oxygens (including phenoxy) is 5. The normalized spacial score (nSPS) is 17.2. The van der Waals surface area contributed by atoms with Crippen LogP contribution in [0.25, 0.3) is 11.1 Å². The largest absolute Gasteiger partial charge is 0.497 e. The highest BCUT2D eigenvalue weighted by atomic mass is 35.5. The summed E-state index contributed by atoms with van der Waals surface area (Å²) in [6.07, 6.45) is 4.12. The molecule has 2 atom stereocenters. The van der Waals surface area contributed by atoms with Gasteiger partial charge < -0.3 is 42.8 Å². The minimum atomic E-state index is -0.429. The van der Waals surface area contributed by atoms with E-state index in [1.54, 1.807) is 46.9 Å². The Kier molecular flexibility index (Phi) is 11.2. The van der Waals surface area contributed by atoms with Crippen LogP contribution in [0.3, 0.4) is 0 Å². The third-order valence-electron chi connectivity index (χ3n) is 10.2. The Hall–Kier alpha value is -4.91. The summed E-state index contributed by atoms with van der Waals surface area (Å²) in [5, 5.41) is 1.17. The predicted molar refractivity (Wildman–Crippen MR) is 208 cm³/mol. The van der Waals surface area contributed by atoms with Gasteiger partial charge in [0, 0.05) is 52.9 Å². The van der Waals surface area contributed by atoms with E-state index in [2.05, 4.69) is 9.88 Å². The number of rotatable bonds is 11. The van der Waals surface area contributed by atoms with Gasteiger partial charge in [0.25, 0.3) is 6.01 Å². The minimum absolute atomic E-state index is 0.0116. The highest BCUT2D eigenvalue weighted by Gasteiger charge is 2.36. The lowest BCUT2D eigenvalue weighted by molar-refractivity contribution is -0.139. The SMILES string of the molecule is COc1ccc(CN(Cc2ccc(OC)cc2OC)c2nc3cncc(N4CCOCC(C(=O)N5CCc6cc(Cl)cc(Cl)c6[C@@H]5C)C4)c3o2)c(OC)c1. The number of hydrogen-bond acceptors (Lipinski definition) is 11. The highest BCUT2D eigenvalue weighted by Crippen LogP contribution is 2.39. The maximum Gasteiger partial charge on any atom is 0.299 e. The number of benzene rings is 3. The second-order valence-corrected chi connectivity index (χ2v) is 14.2. The summed E-state index contributed by atoms with van der Waals surface area (Å²) >= 11 is 12.9. The zero-order valence-electron chi connectivity index (χ0n) is 30.9. The molecule has 0 N–H and O–H groups in total. The second-order valence-electron chi connectivity index (χ2n) is 13.4. The van der Waals surface area contributed by atoms with Crippen LogP contribution in [0.15, 0.2) is 65.3 Å². The molecule has 0 saturated carbocycles. The molecule has 1 unspecified atom stereocenters. The van der Waals surface area contributed by atoms with Gasteiger partial charge in [-0.3, -0.25) is 9.78 Å². The van der Waals surface area contributed by atoms with E-state index in [1.807, 2.05) is 59.2 Å². The number of carbonyl (C=O) groups excluding carboxylic acids is 1. The van der Waals surface area contributed by atoms with Gasteiger partial charge in [-0.15, -0.1) is 0 Å². The Morgan fingerprint density at radius 3 is 2.24 bits per heavy atom. The van der Waals surface area contributed by atoms with Crippen molar-refractivity contribution >= 4 is 51.9 Å². The summed E-state index contributed by atoms with van der Waals surface area (Å²) in [6.45, 7) is 5.04. The lowest BCUT2D eigenvalue weighted by Gasteiger charge is -2.38. The van der Waals surface area contributed by atoms with E-state index in [0.29, 0.717) is 103 Å². The van der Waals surface area contributed by atoms with E-state index >= 15 is 0 Å². The van der Waals surface area contributed by atoms with Crippen LogP contribution >= 0.6 is 23.2 Å². The third kappa shape index (κ3) is 7.55. The Bertz CT molecular complexity index is 2090. The van der Waals surface area contributed by atoms with Crippen molar-refractivity contribution in [1.29, 1.82) is 0 Å². The number of methoxy groups -OCH3 is 4. The molecule has 0 radical (unpaired) electrons. The minimum Gasteiger partial charge on any atom is -0.497 e. The molecule has 0 bridgehead atoms. The van der Waals surface area contributed by atoms with E-state index in [1.165, 1.54) is 0 Å². The molecular formula is C40H43Cl2N5O7. The smallest absolute Gasteiger partial charge is 0.299 e. The van der Waals surface area contributed by atoms with Gasteiger partial charge in [-0.05, 0) is 60.9 Å². The lowest BCUT2D eigenvalue weighted by atomic mass is 9.92. The van der Waals surface area contributed by atoms with Gasteiger partial charge in [-0.1, -0.05) is 23.2 Å². The van der Waals surface area contributed by atoms with Gasteiger partial charge in [0.1, 0.15) is 34.2 Å². The molecule has 1 saturated heterocycles. The maximum absolute atomic E-state index is 14.2. The summed E-state index contributed by atoms with van der Waals surface area (Å²) < 4.78 is 35.1. The van der Waals surface area contributed by atoms with Crippen molar-refractivity contribution < 1.29 is 32.9 Å². The number of carbonyl (C=O) groups is 1. The average Bonchev–Trinajstić information content (AvgIpc) is 3.47. The number of nitrogens with zero attached hydrogens (tertiary/aromatic N) is 5. The van der Waals surface area contributed by atoms with Crippen molar-refractivity contribution in [2.24, 2.45) is 5.92 Å². The number of pyridine rings is 1. The van der Waals surface area contributed by atoms with Crippen LogP contribution in [0, 0.1) is 5.92 Å². The molecule has 1 fully saturated rings. The Morgan fingerprint density at radius 2 is 1.59 bits per heavy atom. The zero-order valence-corrected chi connectivity index (χ0v) is 32.4. The molecule has 12 nitrogen and oxygen atoms in total. The van der Waals surface area contributed by atoms with Crippen molar-refractivity contribution in [2.75, 3.05) is 71.1 Å². The monoisotopic (exact) mass is 775 g/mol. The first-order valence-corrected chi connectivity index (χ1v) is 18.5. The number of oxazole rings is 1. The Labute approximate surface area is 324 Å². The fourth-order valence-corrected chi connectivity index (χ4v) is 8.07. The summed E-state index contributed by atoms with van der Waals surface area (Å²) in [5.41, 5.74) is 5.69. The van der Waals surface area contributed by atoms with Gasteiger partial charge in [-0.25, -0.2) is 0 Å². The van der Waals surface area contributed by atoms with E-state index < -0.39 is 5.92 Å². The summed E-state index contributed by atoms with van der Waals surface area (Å²) in [7, 11) is 6.50. The number of halogens is 2. The van der Waals surface area contributed by atoms with E-state index in [9.17, 15) is 4.79 Å². The van der Waals surface area contributed by atoms with E-state index in [-0.39, 0.29) is 11.9 Å². The Balaban J connectivity index is 1.20. The average molecular weight is 777 g/mol. The van der Waals surface area contributed by atoms with Crippen molar-refractivity contribution in [3.05, 3.63) is 93.2 Å². The predicted octanol–water partition coefficient (Wildman–Crippen LogP) is 7.37. The molecule has 54 heavy (non-hydrogen) atoms. The van der Waals surface area contributed by atoms with Crippen LogP contribution in [-0.2, 0) is 29.0 Å². The van der Waals surface area contributed by atoms with E-state index in [0.717, 1.165) is 27.9 Å². The van der Waals surface area contributed by atoms with Crippen LogP contribution in [-0.4, -0.2) is 82.1 Å². The first-order chi connectivity index (χ1) is 26.2. The van der Waals surface area contributed by atoms with Crippen LogP contribution in [0.5, 0.6) is 23.0 Å². The molecule has 2 aliphatic heterocycles. The summed E-state index contributed by atoms with van der Waals surface area (Å²) in [6, 6.07) is 15.3. The molecule has 4 heterocycles. The molecule has 0 spiro atoms. The number of anilines is 2. The molecule has 1 amide bonds. The molecule has 5 aromatic rings. The van der Waals surface area contributed by atoms with Crippen molar-refractivity contribution in [3.8, 4) is 23.0 Å². The Morgan fingerprint density at radius 1 is 0.907 bits per heavy atom. The van der Waals surface area contributed by atoms with Gasteiger partial charge in [0.2, 0.25) is 5.91 Å². The van der Waals surface area contributed by atoms with Crippen LogP contribution < -0.4 is 28.7 Å². The first kappa shape index (κ1) is 37.4. The lowest BCUT2D eigenvalue weighted by Crippen LogP contribution is -2.46. The molecule has 14 heteroatoms. The maximum atomic E-state index is 14.2. The van der Waals surface area contributed by atoms with Gasteiger partial charge in [0.05, 0.1) is 79.1 Å². The molecule has 0 aliphatic carbocycles. The van der Waals surface area contributed by atoms with Crippen LogP contribution in [0.2, 0.25) is 10.0 Å². The quantitative estimate of drug-likeness (QED) is 0.134. The zero-order chi connectivity index (χ0) is 37.9. The van der Waals surface area contributed by atoms with Gasteiger partial charge in [0.15, 0.2) is 5.58 Å². The highest BCUT2D eigenvalue weighted by molar-refractivity contribution is 6.35. The summed E-state index contributed by atoms with van der Waals surface area (Å²) in [5.74, 6) is 2.28. The fraction of sp³-hybridized carbons (Fsp3) is 0.375. The second kappa shape index (κ2) is 16.2. The molecule has 2 aliphatic rings. The number of aromatic nitrogens is 2. The standard InChI is InChI=1S/C40H43Cl2N5O7/c1-24-37-25(14-29(41)15-32(37)42)10-11-47(24)39(48)28-22-45(12-13-53-23-28)34-19-43-18-33-38(34)54-40(44-33)46(20-26-6-8-30(49-2)16-35(26)51-4)21-27-7-9-31(50-3)17-36(27)52-5/h6-9,14-19,24,28H,10-13,20-23H2,1-5H3/t24-,28?/m0/s1. The molecule has 2 aromatic heterocycles.